The van der Waals surface area contributed by atoms with E-state index in [1.165, 1.54) is 0 Å². The molecule has 1 N–H and O–H groups in total. The molecule has 0 aromatic rings. The van der Waals surface area contributed by atoms with Gasteiger partial charge >= 0.3 is 6.09 Å². The van der Waals surface area contributed by atoms with Gasteiger partial charge in [-0.25, -0.2) is 17.9 Å². The summed E-state index contributed by atoms with van der Waals surface area (Å²) in [6.07, 6.45) is 1.73. The highest BCUT2D eigenvalue weighted by molar-refractivity contribution is 7.90. The summed E-state index contributed by atoms with van der Waals surface area (Å²) in [5.41, 5.74) is -0.851. The molecule has 146 valence electrons. The second kappa shape index (κ2) is 6.70. The molecule has 2 saturated heterocycles. The van der Waals surface area contributed by atoms with Crippen molar-refractivity contribution in [1.82, 2.24) is 9.62 Å². The average molecular weight is 377 g/mol. The van der Waals surface area contributed by atoms with Gasteiger partial charge in [0.15, 0.2) is 0 Å². The maximum absolute atomic E-state index is 12.3. The second-order valence-electron chi connectivity index (χ2n) is 9.10. The van der Waals surface area contributed by atoms with Crippen LogP contribution in [-0.4, -0.2) is 61.1 Å². The number of piperidine rings is 1. The molecule has 0 radical (unpaired) electrons. The summed E-state index contributed by atoms with van der Waals surface area (Å²) in [5, 5.41) is 0. The van der Waals surface area contributed by atoms with Crippen LogP contribution in [0.2, 0.25) is 0 Å². The molecule has 7 nitrogen and oxygen atoms in total. The van der Waals surface area contributed by atoms with E-state index in [0.717, 1.165) is 0 Å². The minimum atomic E-state index is -3.40. The maximum atomic E-state index is 12.3. The first kappa shape index (κ1) is 20.5. The first-order valence-electron chi connectivity index (χ1n) is 8.87. The van der Waals surface area contributed by atoms with Crippen LogP contribution in [0.1, 0.15) is 60.8 Å². The molecule has 25 heavy (non-hydrogen) atoms. The summed E-state index contributed by atoms with van der Waals surface area (Å²) in [7, 11) is -3.40. The molecule has 2 aliphatic heterocycles. The number of hydrogen-bond donors (Lipinski definition) is 1. The molecule has 2 rings (SSSR count). The summed E-state index contributed by atoms with van der Waals surface area (Å²) < 4.78 is 37.9. The lowest BCUT2D eigenvalue weighted by atomic mass is 9.88. The van der Waals surface area contributed by atoms with E-state index in [1.807, 2.05) is 20.8 Å². The maximum Gasteiger partial charge on any atom is 0.410 e. The number of likely N-dealkylation sites (tertiary alicyclic amines) is 1. The zero-order valence-corrected chi connectivity index (χ0v) is 17.0. The Morgan fingerprint density at radius 2 is 1.72 bits per heavy atom. The Balaban J connectivity index is 1.90. The molecule has 0 saturated carbocycles. The lowest BCUT2D eigenvalue weighted by Crippen LogP contribution is -2.49. The Hall–Kier alpha value is -0.860. The van der Waals surface area contributed by atoms with Gasteiger partial charge in [-0.2, -0.15) is 0 Å². The number of hydrogen-bond acceptors (Lipinski definition) is 5. The summed E-state index contributed by atoms with van der Waals surface area (Å²) in [6, 6.07) is -0.211. The van der Waals surface area contributed by atoms with Crippen molar-refractivity contribution in [2.75, 3.05) is 19.7 Å². The Bertz CT molecular complexity index is 596. The van der Waals surface area contributed by atoms with Crippen molar-refractivity contribution in [2.24, 2.45) is 0 Å². The van der Waals surface area contributed by atoms with E-state index < -0.39 is 20.4 Å². The standard InChI is InChI=1S/C17H32N2O5S/c1-15(2,3)24-14(20)19-9-7-17(8-10-19)11-13(12-23-17)18-25(21,22)16(4,5)6/h13,18H,7-12H2,1-6H3/t13-/m1/s1. The van der Waals surface area contributed by atoms with E-state index in [-0.39, 0.29) is 17.7 Å². The third kappa shape index (κ3) is 5.08. The van der Waals surface area contributed by atoms with Crippen molar-refractivity contribution < 1.29 is 22.7 Å². The zero-order valence-electron chi connectivity index (χ0n) is 16.2. The normalized spacial score (nSPS) is 24.6. The number of ether oxygens (including phenoxy) is 2. The van der Waals surface area contributed by atoms with Crippen LogP contribution in [0.5, 0.6) is 0 Å². The molecule has 0 aromatic carbocycles. The number of rotatable bonds is 2. The number of carbonyl (C=O) groups is 1. The largest absolute Gasteiger partial charge is 0.444 e. The molecule has 8 heteroatoms. The predicted octanol–water partition coefficient (Wildman–Crippen LogP) is 2.26. The van der Waals surface area contributed by atoms with Gasteiger partial charge in [0.2, 0.25) is 10.0 Å². The first-order valence-corrected chi connectivity index (χ1v) is 10.4. The van der Waals surface area contributed by atoms with Gasteiger partial charge in [-0.05, 0) is 60.8 Å². The van der Waals surface area contributed by atoms with Gasteiger partial charge in [0, 0.05) is 19.1 Å². The Morgan fingerprint density at radius 1 is 1.16 bits per heavy atom. The third-order valence-corrected chi connectivity index (χ3v) is 6.92. The van der Waals surface area contributed by atoms with Gasteiger partial charge in [-0.3, -0.25) is 0 Å². The van der Waals surface area contributed by atoms with Crippen molar-refractivity contribution in [1.29, 1.82) is 0 Å². The second-order valence-corrected chi connectivity index (χ2v) is 11.6. The zero-order chi connectivity index (χ0) is 19.1. The van der Waals surface area contributed by atoms with Crippen LogP contribution in [0.25, 0.3) is 0 Å². The lowest BCUT2D eigenvalue weighted by molar-refractivity contribution is -0.0485. The Morgan fingerprint density at radius 3 is 2.20 bits per heavy atom. The minimum Gasteiger partial charge on any atom is -0.444 e. The minimum absolute atomic E-state index is 0.211. The van der Waals surface area contributed by atoms with E-state index >= 15 is 0 Å². The number of nitrogens with one attached hydrogen (secondary N) is 1. The molecule has 2 fully saturated rings. The SMILES string of the molecule is CC(C)(C)OC(=O)N1CCC2(CC1)C[C@@H](NS(=O)(=O)C(C)(C)C)CO2. The van der Waals surface area contributed by atoms with E-state index in [1.54, 1.807) is 25.7 Å². The quantitative estimate of drug-likeness (QED) is 0.799. The molecular weight excluding hydrogens is 344 g/mol. The Labute approximate surface area is 151 Å². The van der Waals surface area contributed by atoms with Crippen LogP contribution in [0, 0.1) is 0 Å². The van der Waals surface area contributed by atoms with Crippen LogP contribution in [0.15, 0.2) is 0 Å². The van der Waals surface area contributed by atoms with Crippen molar-refractivity contribution in [3.8, 4) is 0 Å². The molecule has 2 heterocycles. The molecular formula is C17H32N2O5S. The highest BCUT2D eigenvalue weighted by Crippen LogP contribution is 2.36. The van der Waals surface area contributed by atoms with E-state index in [2.05, 4.69) is 4.72 Å². The molecule has 0 bridgehead atoms. The van der Waals surface area contributed by atoms with Crippen LogP contribution in [-0.2, 0) is 19.5 Å². The summed E-state index contributed by atoms with van der Waals surface area (Å²) in [5.74, 6) is 0. The van der Waals surface area contributed by atoms with Crippen molar-refractivity contribution >= 4 is 16.1 Å². The summed E-state index contributed by atoms with van der Waals surface area (Å²) >= 11 is 0. The van der Waals surface area contributed by atoms with Crippen LogP contribution in [0.4, 0.5) is 4.79 Å². The number of nitrogens with zero attached hydrogens (tertiary/aromatic N) is 1. The molecule has 1 atom stereocenters. The molecule has 0 aliphatic carbocycles. The third-order valence-electron chi connectivity index (χ3n) is 4.66. The van der Waals surface area contributed by atoms with Gasteiger partial charge in [0.1, 0.15) is 5.60 Å². The average Bonchev–Trinajstić information content (AvgIpc) is 2.78. The smallest absolute Gasteiger partial charge is 0.410 e. The number of amides is 1. The fourth-order valence-corrected chi connectivity index (χ4v) is 4.03. The molecule has 0 unspecified atom stereocenters. The Kier molecular flexibility index (Phi) is 5.48. The highest BCUT2D eigenvalue weighted by Gasteiger charge is 2.45. The van der Waals surface area contributed by atoms with Gasteiger partial charge in [0.25, 0.3) is 0 Å². The molecule has 1 spiro atoms. The lowest BCUT2D eigenvalue weighted by Gasteiger charge is -2.39. The van der Waals surface area contributed by atoms with Gasteiger partial charge in [-0.1, -0.05) is 0 Å². The number of sulfonamides is 1. The van der Waals surface area contributed by atoms with Crippen molar-refractivity contribution in [3.63, 3.8) is 0 Å². The van der Waals surface area contributed by atoms with E-state index in [4.69, 9.17) is 9.47 Å². The van der Waals surface area contributed by atoms with Crippen LogP contribution in [0.3, 0.4) is 0 Å². The molecule has 2 aliphatic rings. The van der Waals surface area contributed by atoms with Crippen LogP contribution >= 0.6 is 0 Å². The fraction of sp³-hybridized carbons (Fsp3) is 0.941. The predicted molar refractivity (Wildman–Crippen MR) is 95.9 cm³/mol. The fourth-order valence-electron chi connectivity index (χ4n) is 3.09. The van der Waals surface area contributed by atoms with Crippen molar-refractivity contribution in [2.45, 2.75) is 82.8 Å². The van der Waals surface area contributed by atoms with Gasteiger partial charge < -0.3 is 14.4 Å². The van der Waals surface area contributed by atoms with Gasteiger partial charge in [0.05, 0.1) is 17.0 Å². The number of carbonyl (C=O) groups excluding carboxylic acids is 1. The van der Waals surface area contributed by atoms with Crippen LogP contribution < -0.4 is 4.72 Å². The monoisotopic (exact) mass is 376 g/mol. The molecule has 0 aromatic heterocycles. The highest BCUT2D eigenvalue weighted by atomic mass is 32.2. The van der Waals surface area contributed by atoms with Crippen molar-refractivity contribution in [3.05, 3.63) is 0 Å². The topological polar surface area (TPSA) is 84.9 Å². The van der Waals surface area contributed by atoms with E-state index in [9.17, 15) is 13.2 Å². The van der Waals surface area contributed by atoms with E-state index in [0.29, 0.717) is 39.0 Å². The first-order chi connectivity index (χ1) is 11.2. The molecule has 1 amide bonds. The summed E-state index contributed by atoms with van der Waals surface area (Å²) in [4.78, 5) is 13.9. The summed E-state index contributed by atoms with van der Waals surface area (Å²) in [6.45, 7) is 12.1. The van der Waals surface area contributed by atoms with Gasteiger partial charge in [-0.15, -0.1) is 0 Å².